The van der Waals surface area contributed by atoms with Crippen molar-refractivity contribution in [2.45, 2.75) is 0 Å². The molecule has 0 heterocycles. The van der Waals surface area contributed by atoms with Gasteiger partial charge in [0.1, 0.15) is 11.3 Å². The maximum Gasteiger partial charge on any atom is 0.204 e. The molecule has 0 aromatic heterocycles. The molecule has 0 saturated heterocycles. The molecule has 0 saturated carbocycles. The summed E-state index contributed by atoms with van der Waals surface area (Å²) in [5.74, 6) is 0.0593. The minimum Gasteiger partial charge on any atom is -0.507 e. The average Bonchev–Trinajstić information content (AvgIpc) is 2.42. The number of nitrogens with zero attached hydrogens (tertiary/aromatic N) is 1. The molecular formula is C14H19NO5. The van der Waals surface area contributed by atoms with E-state index in [1.54, 1.807) is 25.2 Å². The fourth-order valence-corrected chi connectivity index (χ4v) is 1.68. The highest BCUT2D eigenvalue weighted by atomic mass is 16.5. The van der Waals surface area contributed by atoms with Crippen LogP contribution in [0, 0.1) is 0 Å². The van der Waals surface area contributed by atoms with E-state index in [4.69, 9.17) is 14.2 Å². The van der Waals surface area contributed by atoms with Crippen molar-refractivity contribution < 1.29 is 24.1 Å². The average molecular weight is 281 g/mol. The number of hydrogen-bond acceptors (Lipinski definition) is 6. The summed E-state index contributed by atoms with van der Waals surface area (Å²) in [5.41, 5.74) is 0.0308. The Morgan fingerprint density at radius 3 is 2.20 bits per heavy atom. The fourth-order valence-electron chi connectivity index (χ4n) is 1.68. The Morgan fingerprint density at radius 1 is 1.15 bits per heavy atom. The second-order valence-electron chi connectivity index (χ2n) is 4.18. The first kappa shape index (κ1) is 15.7. The molecule has 1 rings (SSSR count). The van der Waals surface area contributed by atoms with Crippen LogP contribution in [0.4, 0.5) is 0 Å². The zero-order chi connectivity index (χ0) is 15.3. The van der Waals surface area contributed by atoms with Crippen LogP contribution in [0.15, 0.2) is 18.3 Å². The molecule has 1 aromatic rings. The van der Waals surface area contributed by atoms with Gasteiger partial charge in [-0.05, 0) is 0 Å². The zero-order valence-electron chi connectivity index (χ0n) is 12.3. The van der Waals surface area contributed by atoms with Gasteiger partial charge in [0.15, 0.2) is 17.3 Å². The minimum atomic E-state index is -0.394. The molecule has 6 heteroatoms. The second kappa shape index (κ2) is 6.70. The molecule has 0 aliphatic rings. The smallest absolute Gasteiger partial charge is 0.204 e. The van der Waals surface area contributed by atoms with Gasteiger partial charge in [0, 0.05) is 32.4 Å². The molecule has 110 valence electrons. The highest BCUT2D eigenvalue weighted by Gasteiger charge is 2.24. The second-order valence-corrected chi connectivity index (χ2v) is 4.18. The predicted molar refractivity (Wildman–Crippen MR) is 74.9 cm³/mol. The number of ketones is 1. The summed E-state index contributed by atoms with van der Waals surface area (Å²) in [6.45, 7) is 0. The number of allylic oxidation sites excluding steroid dienone is 1. The molecule has 0 spiro atoms. The van der Waals surface area contributed by atoms with Gasteiger partial charge in [-0.2, -0.15) is 0 Å². The number of carbonyl (C=O) groups is 1. The molecule has 0 fully saturated rings. The zero-order valence-corrected chi connectivity index (χ0v) is 12.3. The molecular weight excluding hydrogens is 262 g/mol. The van der Waals surface area contributed by atoms with E-state index in [0.29, 0.717) is 0 Å². The van der Waals surface area contributed by atoms with Crippen LogP contribution >= 0.6 is 0 Å². The van der Waals surface area contributed by atoms with Crippen LogP contribution in [0.1, 0.15) is 10.4 Å². The van der Waals surface area contributed by atoms with Gasteiger partial charge in [0.25, 0.3) is 0 Å². The molecule has 0 aliphatic carbocycles. The van der Waals surface area contributed by atoms with Crippen molar-refractivity contribution in [2.24, 2.45) is 0 Å². The molecule has 0 radical (unpaired) electrons. The largest absolute Gasteiger partial charge is 0.507 e. The number of carbonyl (C=O) groups excluding carboxylic acids is 1. The molecule has 0 amide bonds. The third-order valence-corrected chi connectivity index (χ3v) is 2.58. The number of ether oxygens (including phenoxy) is 3. The Labute approximate surface area is 118 Å². The molecule has 0 bridgehead atoms. The summed E-state index contributed by atoms with van der Waals surface area (Å²) in [6, 6.07) is 1.32. The van der Waals surface area contributed by atoms with Crippen molar-refractivity contribution in [3.05, 3.63) is 23.9 Å². The van der Waals surface area contributed by atoms with Gasteiger partial charge in [0.05, 0.1) is 21.3 Å². The first-order chi connectivity index (χ1) is 9.46. The van der Waals surface area contributed by atoms with E-state index in [1.165, 1.54) is 33.5 Å². The van der Waals surface area contributed by atoms with E-state index in [0.717, 1.165) is 0 Å². The van der Waals surface area contributed by atoms with E-state index in [-0.39, 0.29) is 28.6 Å². The Kier molecular flexibility index (Phi) is 5.25. The lowest BCUT2D eigenvalue weighted by Gasteiger charge is -2.16. The maximum absolute atomic E-state index is 12.2. The van der Waals surface area contributed by atoms with Crippen LogP contribution in [-0.2, 0) is 0 Å². The summed E-state index contributed by atoms with van der Waals surface area (Å²) >= 11 is 0. The summed E-state index contributed by atoms with van der Waals surface area (Å²) in [6.07, 6.45) is 2.92. The lowest BCUT2D eigenvalue weighted by Crippen LogP contribution is -2.06. The molecule has 0 aliphatic heterocycles. The normalized spacial score (nSPS) is 10.4. The van der Waals surface area contributed by atoms with Gasteiger partial charge in [-0.1, -0.05) is 0 Å². The van der Waals surface area contributed by atoms with Crippen LogP contribution in [-0.4, -0.2) is 51.2 Å². The Hall–Kier alpha value is -2.37. The Balaban J connectivity index is 3.42. The SMILES string of the molecule is COc1cc(O)c(C(=O)/C=C/N(C)C)c(OC)c1OC. The number of hydrogen-bond donors (Lipinski definition) is 1. The van der Waals surface area contributed by atoms with Crippen molar-refractivity contribution in [2.75, 3.05) is 35.4 Å². The third kappa shape index (κ3) is 3.14. The van der Waals surface area contributed by atoms with Gasteiger partial charge in [-0.15, -0.1) is 0 Å². The Bertz CT molecular complexity index is 523. The van der Waals surface area contributed by atoms with Crippen LogP contribution in [0.2, 0.25) is 0 Å². The van der Waals surface area contributed by atoms with E-state index in [9.17, 15) is 9.90 Å². The first-order valence-corrected chi connectivity index (χ1v) is 5.87. The number of rotatable bonds is 6. The quantitative estimate of drug-likeness (QED) is 0.632. The van der Waals surface area contributed by atoms with Crippen molar-refractivity contribution in [3.63, 3.8) is 0 Å². The summed E-state index contributed by atoms with van der Waals surface area (Å²) in [7, 11) is 7.83. The third-order valence-electron chi connectivity index (χ3n) is 2.58. The molecule has 0 atom stereocenters. The number of phenols is 1. The number of phenolic OH excluding ortho intramolecular Hbond substituents is 1. The number of benzene rings is 1. The highest BCUT2D eigenvalue weighted by Crippen LogP contribution is 2.44. The van der Waals surface area contributed by atoms with E-state index < -0.39 is 5.78 Å². The van der Waals surface area contributed by atoms with Crippen molar-refractivity contribution >= 4 is 5.78 Å². The lowest BCUT2D eigenvalue weighted by atomic mass is 10.1. The molecule has 6 nitrogen and oxygen atoms in total. The van der Waals surface area contributed by atoms with Gasteiger partial charge in [0.2, 0.25) is 5.75 Å². The van der Waals surface area contributed by atoms with E-state index in [1.807, 2.05) is 0 Å². The van der Waals surface area contributed by atoms with Crippen molar-refractivity contribution in [1.29, 1.82) is 0 Å². The molecule has 1 N–H and O–H groups in total. The van der Waals surface area contributed by atoms with Crippen molar-refractivity contribution in [1.82, 2.24) is 4.90 Å². The summed E-state index contributed by atoms with van der Waals surface area (Å²) < 4.78 is 15.5. The summed E-state index contributed by atoms with van der Waals surface area (Å²) in [4.78, 5) is 13.9. The van der Waals surface area contributed by atoms with Gasteiger partial charge in [-0.3, -0.25) is 4.79 Å². The Morgan fingerprint density at radius 2 is 1.75 bits per heavy atom. The van der Waals surface area contributed by atoms with Crippen LogP contribution < -0.4 is 14.2 Å². The molecule has 0 unspecified atom stereocenters. The maximum atomic E-state index is 12.2. The van der Waals surface area contributed by atoms with Crippen LogP contribution in [0.5, 0.6) is 23.0 Å². The monoisotopic (exact) mass is 281 g/mol. The van der Waals surface area contributed by atoms with Crippen molar-refractivity contribution in [3.8, 4) is 23.0 Å². The van der Waals surface area contributed by atoms with E-state index >= 15 is 0 Å². The fraction of sp³-hybridized carbons (Fsp3) is 0.357. The van der Waals surface area contributed by atoms with Gasteiger partial charge < -0.3 is 24.2 Å². The van der Waals surface area contributed by atoms with Crippen LogP contribution in [0.25, 0.3) is 0 Å². The van der Waals surface area contributed by atoms with Gasteiger partial charge in [-0.25, -0.2) is 0 Å². The molecule has 20 heavy (non-hydrogen) atoms. The standard InChI is InChI=1S/C14H19NO5/c1-15(2)7-6-9(16)12-10(17)8-11(18-3)13(19-4)14(12)20-5/h6-8,17H,1-5H3/b7-6+. The van der Waals surface area contributed by atoms with Crippen LogP contribution in [0.3, 0.4) is 0 Å². The van der Waals surface area contributed by atoms with Gasteiger partial charge >= 0.3 is 0 Å². The summed E-state index contributed by atoms with van der Waals surface area (Å²) in [5, 5.41) is 10.0. The predicted octanol–water partition coefficient (Wildman–Crippen LogP) is 1.68. The molecule has 1 aromatic carbocycles. The minimum absolute atomic E-state index is 0.0308. The number of methoxy groups -OCH3 is 3. The topological polar surface area (TPSA) is 68.2 Å². The highest BCUT2D eigenvalue weighted by molar-refractivity contribution is 6.09. The number of aromatic hydroxyl groups is 1. The first-order valence-electron chi connectivity index (χ1n) is 5.87. The lowest BCUT2D eigenvalue weighted by molar-refractivity contribution is 0.103. The van der Waals surface area contributed by atoms with E-state index in [2.05, 4.69) is 0 Å².